The van der Waals surface area contributed by atoms with Crippen molar-refractivity contribution in [1.29, 1.82) is 0 Å². The van der Waals surface area contributed by atoms with Gasteiger partial charge in [0.05, 0.1) is 18.3 Å². The maximum absolute atomic E-state index is 12.4. The van der Waals surface area contributed by atoms with Crippen LogP contribution in [0.2, 0.25) is 0 Å². The van der Waals surface area contributed by atoms with Crippen molar-refractivity contribution >= 4 is 15.9 Å². The number of piperidine rings is 1. The Hall–Kier alpha value is -1.60. The second kappa shape index (κ2) is 9.20. The van der Waals surface area contributed by atoms with Crippen LogP contribution in [0.5, 0.6) is 5.75 Å². The van der Waals surface area contributed by atoms with Crippen LogP contribution in [-0.4, -0.2) is 44.1 Å². The lowest BCUT2D eigenvalue weighted by Gasteiger charge is -2.31. The van der Waals surface area contributed by atoms with E-state index < -0.39 is 10.0 Å². The zero-order chi connectivity index (χ0) is 18.3. The zero-order valence-corrected chi connectivity index (χ0v) is 15.8. The Morgan fingerprint density at radius 1 is 1.36 bits per heavy atom. The van der Waals surface area contributed by atoms with Crippen LogP contribution in [0.4, 0.5) is 0 Å². The van der Waals surface area contributed by atoms with E-state index in [1.165, 1.54) is 4.31 Å². The lowest BCUT2D eigenvalue weighted by atomic mass is 9.99. The minimum Gasteiger partial charge on any atom is -0.494 e. The summed E-state index contributed by atoms with van der Waals surface area (Å²) in [6, 6.07) is 7.61. The number of benzene rings is 1. The number of carbonyl (C=O) groups is 1. The highest BCUT2D eigenvalue weighted by Gasteiger charge is 2.31. The Morgan fingerprint density at radius 2 is 2.16 bits per heavy atom. The molecule has 0 aliphatic carbocycles. The molecule has 0 radical (unpaired) electrons. The Morgan fingerprint density at radius 3 is 2.88 bits per heavy atom. The fourth-order valence-electron chi connectivity index (χ4n) is 3.04. The van der Waals surface area contributed by atoms with Gasteiger partial charge in [-0.3, -0.25) is 4.79 Å². The molecule has 7 heteroatoms. The first-order valence-corrected chi connectivity index (χ1v) is 10.5. The van der Waals surface area contributed by atoms with E-state index in [1.54, 1.807) is 0 Å². The van der Waals surface area contributed by atoms with Gasteiger partial charge in [-0.05, 0) is 43.9 Å². The number of sulfonamides is 1. The van der Waals surface area contributed by atoms with Gasteiger partial charge < -0.3 is 10.1 Å². The summed E-state index contributed by atoms with van der Waals surface area (Å²) in [4.78, 5) is 12.4. The van der Waals surface area contributed by atoms with Gasteiger partial charge in [0.15, 0.2) is 0 Å². The van der Waals surface area contributed by atoms with Gasteiger partial charge in [0.1, 0.15) is 5.75 Å². The third-order valence-corrected chi connectivity index (χ3v) is 6.33. The highest BCUT2D eigenvalue weighted by Crippen LogP contribution is 2.20. The SMILES string of the molecule is CCCS(=O)(=O)N1CCCC(C(=O)NCc2cccc(OCC)c2)C1. The van der Waals surface area contributed by atoms with E-state index >= 15 is 0 Å². The van der Waals surface area contributed by atoms with Crippen molar-refractivity contribution < 1.29 is 17.9 Å². The average molecular weight is 368 g/mol. The van der Waals surface area contributed by atoms with Crippen LogP contribution in [0.1, 0.15) is 38.7 Å². The molecule has 1 aromatic carbocycles. The molecular formula is C18H28N2O4S. The summed E-state index contributed by atoms with van der Waals surface area (Å²) in [5.74, 6) is 0.559. The fourth-order valence-corrected chi connectivity index (χ4v) is 4.63. The molecule has 1 amide bonds. The normalized spacial score (nSPS) is 18.7. The first-order chi connectivity index (χ1) is 12.0. The maximum atomic E-state index is 12.4. The van der Waals surface area contributed by atoms with Gasteiger partial charge in [-0.25, -0.2) is 12.7 Å². The minimum atomic E-state index is -3.24. The zero-order valence-electron chi connectivity index (χ0n) is 15.0. The summed E-state index contributed by atoms with van der Waals surface area (Å²) in [6.45, 7) is 5.59. The average Bonchev–Trinajstić information content (AvgIpc) is 2.60. The number of hydrogen-bond acceptors (Lipinski definition) is 4. The molecule has 1 aromatic rings. The summed E-state index contributed by atoms with van der Waals surface area (Å²) in [5.41, 5.74) is 0.963. The molecule has 25 heavy (non-hydrogen) atoms. The largest absolute Gasteiger partial charge is 0.494 e. The summed E-state index contributed by atoms with van der Waals surface area (Å²) >= 11 is 0. The van der Waals surface area contributed by atoms with Crippen molar-refractivity contribution in [2.24, 2.45) is 5.92 Å². The highest BCUT2D eigenvalue weighted by molar-refractivity contribution is 7.89. The minimum absolute atomic E-state index is 0.0850. The Kier molecular flexibility index (Phi) is 7.25. The fraction of sp³-hybridized carbons (Fsp3) is 0.611. The van der Waals surface area contributed by atoms with Crippen molar-refractivity contribution in [3.63, 3.8) is 0 Å². The van der Waals surface area contributed by atoms with Crippen molar-refractivity contribution in [3.05, 3.63) is 29.8 Å². The van der Waals surface area contributed by atoms with E-state index in [-0.39, 0.29) is 24.1 Å². The van der Waals surface area contributed by atoms with Gasteiger partial charge >= 0.3 is 0 Å². The van der Waals surface area contributed by atoms with Crippen molar-refractivity contribution in [1.82, 2.24) is 9.62 Å². The molecule has 1 saturated heterocycles. The molecule has 1 unspecified atom stereocenters. The van der Waals surface area contributed by atoms with Crippen LogP contribution in [0.3, 0.4) is 0 Å². The molecule has 140 valence electrons. The van der Waals surface area contributed by atoms with Crippen LogP contribution >= 0.6 is 0 Å². The molecule has 1 aliphatic rings. The molecule has 6 nitrogen and oxygen atoms in total. The number of nitrogens with zero attached hydrogens (tertiary/aromatic N) is 1. The van der Waals surface area contributed by atoms with Crippen LogP contribution in [0.15, 0.2) is 24.3 Å². The third kappa shape index (κ3) is 5.71. The number of rotatable bonds is 8. The third-order valence-electron chi connectivity index (χ3n) is 4.29. The molecule has 0 aromatic heterocycles. The lowest BCUT2D eigenvalue weighted by molar-refractivity contribution is -0.126. The smallest absolute Gasteiger partial charge is 0.224 e. The number of hydrogen-bond donors (Lipinski definition) is 1. The Labute approximate surface area is 150 Å². The molecule has 1 heterocycles. The topological polar surface area (TPSA) is 75.7 Å². The summed E-state index contributed by atoms with van der Waals surface area (Å²) in [7, 11) is -3.24. The maximum Gasteiger partial charge on any atom is 0.224 e. The molecule has 0 spiro atoms. The van der Waals surface area contributed by atoms with E-state index in [1.807, 2.05) is 38.1 Å². The van der Waals surface area contributed by atoms with Crippen molar-refractivity contribution in [2.45, 2.75) is 39.7 Å². The standard InChI is InChI=1S/C18H28N2O4S/c1-3-11-25(22,23)20-10-6-8-16(14-20)18(21)19-13-15-7-5-9-17(12-15)24-4-2/h5,7,9,12,16H,3-4,6,8,10-11,13-14H2,1-2H3,(H,19,21). The van der Waals surface area contributed by atoms with Gasteiger partial charge in [0.2, 0.25) is 15.9 Å². The molecule has 1 N–H and O–H groups in total. The molecule has 2 rings (SSSR count). The second-order valence-corrected chi connectivity index (χ2v) is 8.40. The highest BCUT2D eigenvalue weighted by atomic mass is 32.2. The molecular weight excluding hydrogens is 340 g/mol. The van der Waals surface area contributed by atoms with Crippen LogP contribution in [-0.2, 0) is 21.4 Å². The lowest BCUT2D eigenvalue weighted by Crippen LogP contribution is -2.45. The van der Waals surface area contributed by atoms with Gasteiger partial charge in [0, 0.05) is 19.6 Å². The number of carbonyl (C=O) groups excluding carboxylic acids is 1. The van der Waals surface area contributed by atoms with E-state index in [0.717, 1.165) is 24.2 Å². The predicted octanol–water partition coefficient (Wildman–Crippen LogP) is 2.15. The van der Waals surface area contributed by atoms with Gasteiger partial charge in [0.25, 0.3) is 0 Å². The van der Waals surface area contributed by atoms with Crippen molar-refractivity contribution in [2.75, 3.05) is 25.4 Å². The number of ether oxygens (including phenoxy) is 1. The van der Waals surface area contributed by atoms with Gasteiger partial charge in [-0.15, -0.1) is 0 Å². The van der Waals surface area contributed by atoms with Crippen LogP contribution in [0, 0.1) is 5.92 Å². The summed E-state index contributed by atoms with van der Waals surface area (Å²) < 4.78 is 31.4. The molecule has 1 fully saturated rings. The Balaban J connectivity index is 1.91. The van der Waals surface area contributed by atoms with Crippen molar-refractivity contribution in [3.8, 4) is 5.75 Å². The first-order valence-electron chi connectivity index (χ1n) is 8.93. The molecule has 0 bridgehead atoms. The number of amides is 1. The van der Waals surface area contributed by atoms with E-state index in [0.29, 0.717) is 26.1 Å². The molecule has 1 atom stereocenters. The molecule has 1 aliphatic heterocycles. The van der Waals surface area contributed by atoms with E-state index in [4.69, 9.17) is 4.74 Å². The van der Waals surface area contributed by atoms with Gasteiger partial charge in [-0.2, -0.15) is 0 Å². The first kappa shape index (κ1) is 19.7. The van der Waals surface area contributed by atoms with E-state index in [9.17, 15) is 13.2 Å². The summed E-state index contributed by atoms with van der Waals surface area (Å²) in [6.07, 6.45) is 2.04. The Bertz CT molecular complexity index is 675. The van der Waals surface area contributed by atoms with Crippen LogP contribution in [0.25, 0.3) is 0 Å². The quantitative estimate of drug-likeness (QED) is 0.763. The van der Waals surface area contributed by atoms with Gasteiger partial charge in [-0.1, -0.05) is 19.1 Å². The number of nitrogens with one attached hydrogen (secondary N) is 1. The van der Waals surface area contributed by atoms with Crippen LogP contribution < -0.4 is 10.1 Å². The predicted molar refractivity (Wildman–Crippen MR) is 97.8 cm³/mol. The summed E-state index contributed by atoms with van der Waals surface area (Å²) in [5, 5.41) is 2.93. The van der Waals surface area contributed by atoms with E-state index in [2.05, 4.69) is 5.32 Å². The molecule has 0 saturated carbocycles. The second-order valence-electron chi connectivity index (χ2n) is 6.31. The monoisotopic (exact) mass is 368 g/mol.